The second kappa shape index (κ2) is 11.0. The van der Waals surface area contributed by atoms with Crippen molar-refractivity contribution in [3.8, 4) is 6.07 Å². The van der Waals surface area contributed by atoms with Crippen LogP contribution < -0.4 is 10.6 Å². The summed E-state index contributed by atoms with van der Waals surface area (Å²) in [4.78, 5) is 28.3. The summed E-state index contributed by atoms with van der Waals surface area (Å²) >= 11 is 0. The number of rotatable bonds is 4. The average Bonchev–Trinajstić information content (AvgIpc) is 3.70. The standard InChI is InChI=1S/C40H38F3N7O2/c1-36(2)14-28-32(30(51)16-36)39(5,23-9-6-8-22(12-23)18-44)27-20-50(49-35(27)47-28)21-37(3)15-29-33(31(52)17-37)38(4,26-19-45-48-34(26)46-29)24-10-7-11-25(13-24)40(41,42)43/h6-13,19-20H,14-17,21H2,1-5H3,(H,47,49)(H2,45,46,48). The number of carbonyl (C=O) groups is 2. The molecule has 12 heteroatoms. The van der Waals surface area contributed by atoms with Crippen molar-refractivity contribution in [3.63, 3.8) is 0 Å². The molecule has 52 heavy (non-hydrogen) atoms. The summed E-state index contributed by atoms with van der Waals surface area (Å²) in [5.74, 6) is 1.04. The average molecular weight is 706 g/mol. The number of nitrogens with zero attached hydrogens (tertiary/aromatic N) is 4. The van der Waals surface area contributed by atoms with E-state index in [2.05, 4.69) is 40.7 Å². The number of hydrogen-bond donors (Lipinski definition) is 3. The number of halogens is 3. The Balaban J connectivity index is 1.19. The molecular weight excluding hydrogens is 667 g/mol. The zero-order valence-corrected chi connectivity index (χ0v) is 29.5. The molecule has 4 aromatic rings. The van der Waals surface area contributed by atoms with E-state index < -0.39 is 28.0 Å². The van der Waals surface area contributed by atoms with Gasteiger partial charge in [0.1, 0.15) is 5.82 Å². The van der Waals surface area contributed by atoms with Crippen LogP contribution in [0, 0.1) is 22.2 Å². The van der Waals surface area contributed by atoms with Crippen LogP contribution in [0.1, 0.15) is 93.7 Å². The Hall–Kier alpha value is -5.44. The first kappa shape index (κ1) is 33.7. The number of ketones is 2. The predicted octanol–water partition coefficient (Wildman–Crippen LogP) is 7.93. The van der Waals surface area contributed by atoms with Crippen molar-refractivity contribution < 1.29 is 22.8 Å². The lowest BCUT2D eigenvalue weighted by atomic mass is 9.61. The monoisotopic (exact) mass is 705 g/mol. The predicted molar refractivity (Wildman–Crippen MR) is 188 cm³/mol. The van der Waals surface area contributed by atoms with Gasteiger partial charge in [-0.05, 0) is 66.8 Å². The number of fused-ring (bicyclic) bond motifs is 2. The minimum atomic E-state index is -4.55. The topological polar surface area (TPSA) is 128 Å². The van der Waals surface area contributed by atoms with Gasteiger partial charge in [-0.3, -0.25) is 19.4 Å². The normalized spacial score (nSPS) is 26.4. The number of nitriles is 1. The van der Waals surface area contributed by atoms with Gasteiger partial charge in [-0.15, -0.1) is 0 Å². The van der Waals surface area contributed by atoms with Gasteiger partial charge in [-0.1, -0.05) is 51.1 Å². The zero-order chi connectivity index (χ0) is 37.0. The van der Waals surface area contributed by atoms with E-state index in [0.29, 0.717) is 71.0 Å². The Morgan fingerprint density at radius 3 is 2.21 bits per heavy atom. The molecule has 2 aliphatic carbocycles. The zero-order valence-electron chi connectivity index (χ0n) is 29.5. The van der Waals surface area contributed by atoms with Gasteiger partial charge in [-0.25, -0.2) is 0 Å². The molecule has 3 atom stereocenters. The van der Waals surface area contributed by atoms with Gasteiger partial charge in [0.15, 0.2) is 17.4 Å². The molecule has 3 N–H and O–H groups in total. The number of anilines is 2. The molecule has 8 rings (SSSR count). The molecule has 266 valence electrons. The number of aromatic nitrogens is 4. The number of carbonyl (C=O) groups excluding carboxylic acids is 2. The van der Waals surface area contributed by atoms with Crippen LogP contribution in [0.25, 0.3) is 0 Å². The molecular formula is C40H38F3N7O2. The summed E-state index contributed by atoms with van der Waals surface area (Å²) in [7, 11) is 0. The number of hydrogen-bond acceptors (Lipinski definition) is 7. The highest BCUT2D eigenvalue weighted by molar-refractivity contribution is 6.03. The molecule has 2 aliphatic heterocycles. The van der Waals surface area contributed by atoms with Gasteiger partial charge < -0.3 is 10.6 Å². The highest BCUT2D eigenvalue weighted by atomic mass is 19.4. The summed E-state index contributed by atoms with van der Waals surface area (Å²) in [5.41, 5.74) is 1.91. The molecule has 0 saturated carbocycles. The van der Waals surface area contributed by atoms with E-state index >= 15 is 0 Å². The van der Waals surface area contributed by atoms with Crippen molar-refractivity contribution in [3.05, 3.63) is 117 Å². The second-order valence-corrected chi connectivity index (χ2v) is 16.3. The Labute approximate surface area is 299 Å². The van der Waals surface area contributed by atoms with Crippen LogP contribution in [0.5, 0.6) is 0 Å². The number of alkyl halides is 3. The molecule has 3 unspecified atom stereocenters. The molecule has 0 fully saturated rings. The minimum Gasteiger partial charge on any atom is -0.343 e. The highest BCUT2D eigenvalue weighted by Gasteiger charge is 2.52. The molecule has 2 aromatic carbocycles. The van der Waals surface area contributed by atoms with Crippen molar-refractivity contribution in [2.75, 3.05) is 10.6 Å². The van der Waals surface area contributed by atoms with E-state index in [4.69, 9.17) is 5.10 Å². The molecule has 0 spiro atoms. The fourth-order valence-corrected chi connectivity index (χ4v) is 9.21. The van der Waals surface area contributed by atoms with Gasteiger partial charge in [-0.2, -0.15) is 28.6 Å². The van der Waals surface area contributed by atoms with Crippen molar-refractivity contribution in [1.29, 1.82) is 5.26 Å². The third kappa shape index (κ3) is 5.04. The molecule has 4 heterocycles. The number of aromatic amines is 1. The Morgan fingerprint density at radius 1 is 0.846 bits per heavy atom. The first-order chi connectivity index (χ1) is 24.4. The number of Topliss-reactive ketones (excluding diaryl/α,β-unsaturated/α-hetero) is 2. The highest BCUT2D eigenvalue weighted by Crippen LogP contribution is 2.55. The number of allylic oxidation sites excluding steroid dienone is 4. The van der Waals surface area contributed by atoms with Crippen LogP contribution in [0.3, 0.4) is 0 Å². The third-order valence-corrected chi connectivity index (χ3v) is 11.6. The summed E-state index contributed by atoms with van der Waals surface area (Å²) in [5, 5.41) is 28.8. The Morgan fingerprint density at radius 2 is 1.50 bits per heavy atom. The maximum absolute atomic E-state index is 14.4. The van der Waals surface area contributed by atoms with E-state index in [1.54, 1.807) is 25.3 Å². The minimum absolute atomic E-state index is 0.0525. The van der Waals surface area contributed by atoms with Gasteiger partial charge in [0.05, 0.1) is 34.2 Å². The van der Waals surface area contributed by atoms with E-state index in [9.17, 15) is 28.0 Å². The quantitative estimate of drug-likeness (QED) is 0.197. The van der Waals surface area contributed by atoms with Crippen LogP contribution in [0.15, 0.2) is 83.5 Å². The fourth-order valence-electron chi connectivity index (χ4n) is 9.21. The third-order valence-electron chi connectivity index (χ3n) is 11.6. The van der Waals surface area contributed by atoms with Crippen molar-refractivity contribution in [1.82, 2.24) is 20.0 Å². The van der Waals surface area contributed by atoms with Crippen LogP contribution in [-0.4, -0.2) is 31.5 Å². The molecule has 0 bridgehead atoms. The van der Waals surface area contributed by atoms with Crippen LogP contribution in [0.4, 0.5) is 24.8 Å². The maximum atomic E-state index is 14.4. The van der Waals surface area contributed by atoms with Crippen LogP contribution in [-0.2, 0) is 33.1 Å². The van der Waals surface area contributed by atoms with E-state index in [0.717, 1.165) is 29.0 Å². The molecule has 0 saturated heterocycles. The fraction of sp³-hybridized carbons (Fsp3) is 0.375. The van der Waals surface area contributed by atoms with Crippen LogP contribution >= 0.6 is 0 Å². The number of benzene rings is 2. The van der Waals surface area contributed by atoms with Gasteiger partial charge in [0.25, 0.3) is 0 Å². The maximum Gasteiger partial charge on any atom is 0.416 e. The lowest BCUT2D eigenvalue weighted by Crippen LogP contribution is -2.43. The number of nitrogens with one attached hydrogen (secondary N) is 3. The molecule has 4 aliphatic rings. The summed E-state index contributed by atoms with van der Waals surface area (Å²) in [6.45, 7) is 10.3. The van der Waals surface area contributed by atoms with Crippen molar-refractivity contribution in [2.24, 2.45) is 10.8 Å². The second-order valence-electron chi connectivity index (χ2n) is 16.3. The Kier molecular flexibility index (Phi) is 7.15. The largest absolute Gasteiger partial charge is 0.416 e. The summed E-state index contributed by atoms with van der Waals surface area (Å²) in [6.07, 6.45) is 0.562. The Bertz CT molecular complexity index is 2320. The molecule has 2 aromatic heterocycles. The van der Waals surface area contributed by atoms with Gasteiger partial charge in [0, 0.05) is 59.3 Å². The lowest BCUT2D eigenvalue weighted by Gasteiger charge is -2.44. The van der Waals surface area contributed by atoms with Crippen molar-refractivity contribution in [2.45, 2.75) is 83.9 Å². The smallest absolute Gasteiger partial charge is 0.343 e. The van der Waals surface area contributed by atoms with Gasteiger partial charge >= 0.3 is 6.18 Å². The van der Waals surface area contributed by atoms with E-state index in [1.807, 2.05) is 42.9 Å². The van der Waals surface area contributed by atoms with Crippen LogP contribution in [0.2, 0.25) is 0 Å². The van der Waals surface area contributed by atoms with E-state index in [-0.39, 0.29) is 23.4 Å². The molecule has 0 radical (unpaired) electrons. The number of H-pyrrole nitrogens is 1. The summed E-state index contributed by atoms with van der Waals surface area (Å²) < 4.78 is 43.4. The SMILES string of the molecule is CC1(C)CC(=O)C2=C(C1)Nc1nn(CC3(C)CC(=O)C4=C(C3)Nc3[nH]ncc3C4(C)c3cccc(C(F)(F)F)c3)cc1C2(C)c1cccc(C#N)c1. The first-order valence-electron chi connectivity index (χ1n) is 17.3. The summed E-state index contributed by atoms with van der Waals surface area (Å²) in [6, 6.07) is 14.7. The molecule has 9 nitrogen and oxygen atoms in total. The van der Waals surface area contributed by atoms with Gasteiger partial charge in [0.2, 0.25) is 0 Å². The van der Waals surface area contributed by atoms with E-state index in [1.165, 1.54) is 6.07 Å². The molecule has 0 amide bonds. The van der Waals surface area contributed by atoms with Crippen molar-refractivity contribution >= 4 is 23.2 Å². The first-order valence-corrected chi connectivity index (χ1v) is 17.3. The lowest BCUT2D eigenvalue weighted by molar-refractivity contribution is -0.137.